The van der Waals surface area contributed by atoms with Crippen LogP contribution in [0.15, 0.2) is 41.6 Å². The normalized spacial score (nSPS) is 14.2. The van der Waals surface area contributed by atoms with Crippen molar-refractivity contribution in [2.45, 2.75) is 11.3 Å². The molecule has 1 aromatic carbocycles. The molecule has 0 saturated heterocycles. The molecule has 0 bridgehead atoms. The van der Waals surface area contributed by atoms with Gasteiger partial charge in [-0.25, -0.2) is 8.42 Å². The Morgan fingerprint density at radius 1 is 1.19 bits per heavy atom. The van der Waals surface area contributed by atoms with E-state index in [0.29, 0.717) is 24.2 Å². The number of hydrogen-bond acceptors (Lipinski definition) is 5. The summed E-state index contributed by atoms with van der Waals surface area (Å²) in [5.41, 5.74) is 1.56. The third kappa shape index (κ3) is 2.70. The highest BCUT2D eigenvalue weighted by atomic mass is 32.2. The van der Waals surface area contributed by atoms with Gasteiger partial charge in [-0.2, -0.15) is 10.2 Å². The van der Waals surface area contributed by atoms with Crippen LogP contribution in [0.4, 0.5) is 5.69 Å². The second kappa shape index (κ2) is 5.13. The lowest BCUT2D eigenvalue weighted by atomic mass is 10.0. The molecule has 7 nitrogen and oxygen atoms in total. The number of benzene rings is 1. The minimum absolute atomic E-state index is 0.0371. The van der Waals surface area contributed by atoms with E-state index in [0.717, 1.165) is 5.56 Å². The average molecular weight is 304 g/mol. The molecule has 108 valence electrons. The highest BCUT2D eigenvalue weighted by Gasteiger charge is 2.21. The Balaban J connectivity index is 1.96. The fraction of sp³-hybridized carbons (Fsp3) is 0.154. The molecule has 0 aliphatic carbocycles. The monoisotopic (exact) mass is 304 g/mol. The van der Waals surface area contributed by atoms with Gasteiger partial charge in [0, 0.05) is 12.1 Å². The molecule has 3 rings (SSSR count). The van der Waals surface area contributed by atoms with Crippen LogP contribution in [0.1, 0.15) is 15.9 Å². The Hall–Kier alpha value is -2.48. The van der Waals surface area contributed by atoms with Crippen LogP contribution >= 0.6 is 0 Å². The zero-order valence-electron chi connectivity index (χ0n) is 10.9. The van der Waals surface area contributed by atoms with Crippen molar-refractivity contribution in [2.75, 3.05) is 11.3 Å². The van der Waals surface area contributed by atoms with Gasteiger partial charge in [0.15, 0.2) is 0 Å². The third-order valence-corrected chi connectivity index (χ3v) is 4.53. The van der Waals surface area contributed by atoms with Crippen LogP contribution in [-0.2, 0) is 16.4 Å². The SMILES string of the molecule is O=C1NCCc2ccc(S(=O)(=O)Nc3ccnnc3)cc21. The number of nitrogens with one attached hydrogen (secondary N) is 2. The zero-order valence-corrected chi connectivity index (χ0v) is 11.7. The van der Waals surface area contributed by atoms with E-state index in [4.69, 9.17) is 0 Å². The average Bonchev–Trinajstić information content (AvgIpc) is 2.48. The number of amides is 1. The van der Waals surface area contributed by atoms with E-state index < -0.39 is 10.0 Å². The van der Waals surface area contributed by atoms with Crippen molar-refractivity contribution < 1.29 is 13.2 Å². The van der Waals surface area contributed by atoms with Crippen molar-refractivity contribution in [1.82, 2.24) is 15.5 Å². The number of aromatic nitrogens is 2. The van der Waals surface area contributed by atoms with Gasteiger partial charge in [-0.15, -0.1) is 0 Å². The number of rotatable bonds is 3. The first kappa shape index (κ1) is 13.5. The molecule has 0 radical (unpaired) electrons. The summed E-state index contributed by atoms with van der Waals surface area (Å²) in [5, 5.41) is 9.88. The van der Waals surface area contributed by atoms with Crippen molar-refractivity contribution in [3.63, 3.8) is 0 Å². The quantitative estimate of drug-likeness (QED) is 0.863. The van der Waals surface area contributed by atoms with Crippen LogP contribution in [0.5, 0.6) is 0 Å². The van der Waals surface area contributed by atoms with Gasteiger partial charge in [0.25, 0.3) is 15.9 Å². The topological polar surface area (TPSA) is 101 Å². The number of carbonyl (C=O) groups excluding carboxylic acids is 1. The third-order valence-electron chi connectivity index (χ3n) is 3.15. The first-order valence-electron chi connectivity index (χ1n) is 6.27. The highest BCUT2D eigenvalue weighted by molar-refractivity contribution is 7.92. The molecule has 0 atom stereocenters. The lowest BCUT2D eigenvalue weighted by Gasteiger charge is -2.17. The minimum Gasteiger partial charge on any atom is -0.352 e. The van der Waals surface area contributed by atoms with Crippen LogP contribution in [0, 0.1) is 0 Å². The summed E-state index contributed by atoms with van der Waals surface area (Å²) in [6.07, 6.45) is 3.39. The Kier molecular flexibility index (Phi) is 3.30. The van der Waals surface area contributed by atoms with E-state index in [1.165, 1.54) is 30.6 Å². The lowest BCUT2D eigenvalue weighted by Crippen LogP contribution is -2.32. The molecule has 1 aromatic heterocycles. The molecule has 1 aliphatic rings. The summed E-state index contributed by atoms with van der Waals surface area (Å²) in [6, 6.07) is 6.05. The number of carbonyl (C=O) groups is 1. The summed E-state index contributed by atoms with van der Waals surface area (Å²) in [4.78, 5) is 11.8. The van der Waals surface area contributed by atoms with Gasteiger partial charge in [0.1, 0.15) is 0 Å². The van der Waals surface area contributed by atoms with Gasteiger partial charge in [-0.1, -0.05) is 6.07 Å². The zero-order chi connectivity index (χ0) is 14.9. The number of fused-ring (bicyclic) bond motifs is 1. The summed E-state index contributed by atoms with van der Waals surface area (Å²) in [7, 11) is -3.77. The minimum atomic E-state index is -3.77. The molecule has 2 aromatic rings. The second-order valence-electron chi connectivity index (χ2n) is 4.56. The van der Waals surface area contributed by atoms with Gasteiger partial charge in [-0.3, -0.25) is 9.52 Å². The van der Waals surface area contributed by atoms with E-state index in [1.807, 2.05) is 0 Å². The molecule has 1 aliphatic heterocycles. The molecule has 0 unspecified atom stereocenters. The number of sulfonamides is 1. The van der Waals surface area contributed by atoms with Gasteiger partial charge in [0.05, 0.1) is 23.0 Å². The van der Waals surface area contributed by atoms with Crippen LogP contribution in [0.25, 0.3) is 0 Å². The van der Waals surface area contributed by atoms with Crippen molar-refractivity contribution in [3.8, 4) is 0 Å². The molecule has 1 amide bonds. The fourth-order valence-corrected chi connectivity index (χ4v) is 3.19. The van der Waals surface area contributed by atoms with Gasteiger partial charge in [-0.05, 0) is 30.2 Å². The Morgan fingerprint density at radius 3 is 2.81 bits per heavy atom. The van der Waals surface area contributed by atoms with E-state index in [-0.39, 0.29) is 10.8 Å². The number of anilines is 1. The first-order chi connectivity index (χ1) is 10.1. The van der Waals surface area contributed by atoms with Crippen molar-refractivity contribution in [1.29, 1.82) is 0 Å². The number of hydrogen-bond donors (Lipinski definition) is 2. The largest absolute Gasteiger partial charge is 0.352 e. The van der Waals surface area contributed by atoms with Crippen molar-refractivity contribution in [2.24, 2.45) is 0 Å². The summed E-state index contributed by atoms with van der Waals surface area (Å²) in [6.45, 7) is 0.568. The predicted octanol–water partition coefficient (Wildman–Crippen LogP) is 0.563. The molecular formula is C13H12N4O3S. The lowest BCUT2D eigenvalue weighted by molar-refractivity contribution is 0.0946. The molecular weight excluding hydrogens is 292 g/mol. The van der Waals surface area contributed by atoms with Crippen molar-refractivity contribution >= 4 is 21.6 Å². The van der Waals surface area contributed by atoms with Gasteiger partial charge < -0.3 is 5.32 Å². The molecule has 0 spiro atoms. The Labute approximate surface area is 121 Å². The molecule has 21 heavy (non-hydrogen) atoms. The van der Waals surface area contributed by atoms with Crippen LogP contribution in [-0.4, -0.2) is 31.1 Å². The summed E-state index contributed by atoms with van der Waals surface area (Å²) in [5.74, 6) is -0.251. The molecule has 2 N–H and O–H groups in total. The smallest absolute Gasteiger partial charge is 0.261 e. The van der Waals surface area contributed by atoms with Crippen molar-refractivity contribution in [3.05, 3.63) is 47.8 Å². The molecule has 0 fully saturated rings. The maximum absolute atomic E-state index is 12.3. The first-order valence-corrected chi connectivity index (χ1v) is 7.75. The van der Waals surface area contributed by atoms with E-state index in [2.05, 4.69) is 20.2 Å². The van der Waals surface area contributed by atoms with Gasteiger partial charge in [0.2, 0.25) is 0 Å². The van der Waals surface area contributed by atoms with Crippen LogP contribution < -0.4 is 10.0 Å². The van der Waals surface area contributed by atoms with Crippen LogP contribution in [0.2, 0.25) is 0 Å². The fourth-order valence-electron chi connectivity index (χ4n) is 2.12. The maximum atomic E-state index is 12.3. The second-order valence-corrected chi connectivity index (χ2v) is 6.24. The predicted molar refractivity (Wildman–Crippen MR) is 75.3 cm³/mol. The molecule has 0 saturated carbocycles. The van der Waals surface area contributed by atoms with E-state index in [1.54, 1.807) is 6.07 Å². The van der Waals surface area contributed by atoms with Crippen LogP contribution in [0.3, 0.4) is 0 Å². The van der Waals surface area contributed by atoms with E-state index >= 15 is 0 Å². The number of nitrogens with zero attached hydrogens (tertiary/aromatic N) is 2. The molecule has 8 heteroatoms. The molecule has 2 heterocycles. The standard InChI is InChI=1S/C13H12N4O3S/c18-13-12-7-11(2-1-9(12)3-5-14-13)21(19,20)17-10-4-6-15-16-8-10/h1-2,4,6-8H,3,5H2,(H,14,18)(H,15,17). The van der Waals surface area contributed by atoms with Gasteiger partial charge >= 0.3 is 0 Å². The Bertz CT molecular complexity index is 790. The maximum Gasteiger partial charge on any atom is 0.261 e. The van der Waals surface area contributed by atoms with E-state index in [9.17, 15) is 13.2 Å². The Morgan fingerprint density at radius 2 is 2.05 bits per heavy atom. The summed E-state index contributed by atoms with van der Waals surface area (Å²) >= 11 is 0. The highest BCUT2D eigenvalue weighted by Crippen LogP contribution is 2.21. The summed E-state index contributed by atoms with van der Waals surface area (Å²) < 4.78 is 27.0.